The standard InChI is InChI=1S/C31H34N4O/c36-31-29(27-16-15-26(21-28(27)33-31)35-19-7-8-20-35)30(24-9-3-1-4-10-24)32-25-13-11-23(12-14-25)22-34-17-5-2-6-18-34/h1,3-4,9-16,21,33,36H,2,5-8,17-20,22H2. The van der Waals surface area contributed by atoms with Gasteiger partial charge in [0.15, 0.2) is 5.88 Å². The number of benzene rings is 3. The van der Waals surface area contributed by atoms with Crippen LogP contribution in [0, 0.1) is 0 Å². The highest BCUT2D eigenvalue weighted by Crippen LogP contribution is 2.34. The van der Waals surface area contributed by atoms with Crippen molar-refractivity contribution < 1.29 is 5.11 Å². The van der Waals surface area contributed by atoms with Gasteiger partial charge in [-0.3, -0.25) is 4.90 Å². The zero-order valence-electron chi connectivity index (χ0n) is 20.8. The summed E-state index contributed by atoms with van der Waals surface area (Å²) in [6, 6.07) is 25.2. The molecule has 3 aromatic carbocycles. The summed E-state index contributed by atoms with van der Waals surface area (Å²) in [6.45, 7) is 5.57. The van der Waals surface area contributed by atoms with E-state index in [-0.39, 0.29) is 5.88 Å². The van der Waals surface area contributed by atoms with E-state index in [9.17, 15) is 5.11 Å². The Bertz CT molecular complexity index is 1340. The maximum Gasteiger partial charge on any atom is 0.199 e. The van der Waals surface area contributed by atoms with Gasteiger partial charge in [-0.2, -0.15) is 0 Å². The molecule has 0 radical (unpaired) electrons. The molecule has 0 spiro atoms. The normalized spacial score (nSPS) is 17.2. The summed E-state index contributed by atoms with van der Waals surface area (Å²) >= 11 is 0. The largest absolute Gasteiger partial charge is 0.494 e. The molecule has 2 N–H and O–H groups in total. The van der Waals surface area contributed by atoms with Crippen LogP contribution in [-0.2, 0) is 6.54 Å². The molecule has 0 atom stereocenters. The number of hydrogen-bond donors (Lipinski definition) is 2. The second kappa shape index (κ2) is 10.2. The van der Waals surface area contributed by atoms with Gasteiger partial charge in [-0.1, -0.05) is 48.9 Å². The van der Waals surface area contributed by atoms with Gasteiger partial charge < -0.3 is 15.0 Å². The lowest BCUT2D eigenvalue weighted by molar-refractivity contribution is 0.221. The van der Waals surface area contributed by atoms with Gasteiger partial charge in [-0.15, -0.1) is 0 Å². The molecule has 36 heavy (non-hydrogen) atoms. The number of rotatable bonds is 6. The van der Waals surface area contributed by atoms with Gasteiger partial charge >= 0.3 is 0 Å². The third kappa shape index (κ3) is 4.76. The number of hydrogen-bond acceptors (Lipinski definition) is 4. The van der Waals surface area contributed by atoms with Crippen LogP contribution in [0.3, 0.4) is 0 Å². The van der Waals surface area contributed by atoms with E-state index in [1.54, 1.807) is 0 Å². The molecule has 1 aromatic heterocycles. The molecule has 0 saturated carbocycles. The van der Waals surface area contributed by atoms with Crippen LogP contribution in [0.25, 0.3) is 10.9 Å². The number of nitrogens with zero attached hydrogens (tertiary/aromatic N) is 3. The van der Waals surface area contributed by atoms with Gasteiger partial charge in [0.25, 0.3) is 0 Å². The second-order valence-corrected chi connectivity index (χ2v) is 10.1. The Morgan fingerprint density at radius 2 is 1.53 bits per heavy atom. The molecule has 0 unspecified atom stereocenters. The van der Waals surface area contributed by atoms with Crippen molar-refractivity contribution in [3.8, 4) is 5.88 Å². The van der Waals surface area contributed by atoms with Crippen molar-refractivity contribution >= 4 is 28.0 Å². The Morgan fingerprint density at radius 1 is 0.806 bits per heavy atom. The maximum atomic E-state index is 11.1. The number of nitrogens with one attached hydrogen (secondary N) is 1. The minimum Gasteiger partial charge on any atom is -0.494 e. The summed E-state index contributed by atoms with van der Waals surface area (Å²) in [5.41, 5.74) is 6.86. The molecule has 2 saturated heterocycles. The molecule has 2 aliphatic rings. The van der Waals surface area contributed by atoms with E-state index in [0.717, 1.165) is 53.1 Å². The van der Waals surface area contributed by atoms with Gasteiger partial charge in [0, 0.05) is 36.3 Å². The molecule has 2 fully saturated rings. The minimum atomic E-state index is 0.160. The third-order valence-corrected chi connectivity index (χ3v) is 7.55. The first-order valence-electron chi connectivity index (χ1n) is 13.3. The topological polar surface area (TPSA) is 54.9 Å². The SMILES string of the molecule is Oc1[nH]c2cc(N3CCCC3)ccc2c1C(=Nc1ccc(CN2CCCCC2)cc1)c1ccccc1. The predicted molar refractivity (Wildman–Crippen MR) is 149 cm³/mol. The molecule has 184 valence electrons. The first-order chi connectivity index (χ1) is 17.7. The Hall–Kier alpha value is -3.57. The predicted octanol–water partition coefficient (Wildman–Crippen LogP) is 6.63. The summed E-state index contributed by atoms with van der Waals surface area (Å²) in [5, 5.41) is 12.1. The number of likely N-dealkylation sites (tertiary alicyclic amines) is 1. The molecule has 3 heterocycles. The quantitative estimate of drug-likeness (QED) is 0.306. The Labute approximate surface area is 213 Å². The van der Waals surface area contributed by atoms with Crippen molar-refractivity contribution in [1.29, 1.82) is 0 Å². The molecular formula is C31H34N4O. The van der Waals surface area contributed by atoms with Crippen molar-refractivity contribution in [2.75, 3.05) is 31.1 Å². The van der Waals surface area contributed by atoms with Crippen LogP contribution in [-0.4, -0.2) is 46.9 Å². The average Bonchev–Trinajstić information content (AvgIpc) is 3.57. The first kappa shape index (κ1) is 22.9. The monoisotopic (exact) mass is 478 g/mol. The van der Waals surface area contributed by atoms with Crippen molar-refractivity contribution in [3.05, 3.63) is 89.5 Å². The van der Waals surface area contributed by atoms with E-state index in [0.29, 0.717) is 0 Å². The molecule has 5 heteroatoms. The number of aromatic amines is 1. The van der Waals surface area contributed by atoms with Gasteiger partial charge in [0.05, 0.1) is 22.5 Å². The summed E-state index contributed by atoms with van der Waals surface area (Å²) in [5.74, 6) is 0.160. The van der Waals surface area contributed by atoms with Crippen LogP contribution in [0.15, 0.2) is 77.8 Å². The summed E-state index contributed by atoms with van der Waals surface area (Å²) < 4.78 is 0. The van der Waals surface area contributed by atoms with E-state index in [4.69, 9.17) is 4.99 Å². The number of fused-ring (bicyclic) bond motifs is 1. The number of aliphatic imine (C=N–C) groups is 1. The first-order valence-corrected chi connectivity index (χ1v) is 13.3. The van der Waals surface area contributed by atoms with Crippen molar-refractivity contribution in [2.24, 2.45) is 4.99 Å². The number of anilines is 1. The van der Waals surface area contributed by atoms with E-state index < -0.39 is 0 Å². The van der Waals surface area contributed by atoms with Gasteiger partial charge in [0.2, 0.25) is 0 Å². The zero-order valence-corrected chi connectivity index (χ0v) is 20.8. The highest BCUT2D eigenvalue weighted by Gasteiger charge is 2.20. The molecule has 4 aromatic rings. The zero-order chi connectivity index (χ0) is 24.3. The molecule has 0 bridgehead atoms. The fourth-order valence-electron chi connectivity index (χ4n) is 5.62. The summed E-state index contributed by atoms with van der Waals surface area (Å²) in [6.07, 6.45) is 6.43. The second-order valence-electron chi connectivity index (χ2n) is 10.1. The van der Waals surface area contributed by atoms with Crippen molar-refractivity contribution in [1.82, 2.24) is 9.88 Å². The van der Waals surface area contributed by atoms with Crippen LogP contribution in [0.4, 0.5) is 11.4 Å². The van der Waals surface area contributed by atoms with E-state index in [2.05, 4.69) is 69.4 Å². The lowest BCUT2D eigenvalue weighted by atomic mass is 10.0. The fraction of sp³-hybridized carbons (Fsp3) is 0.323. The van der Waals surface area contributed by atoms with Crippen molar-refractivity contribution in [2.45, 2.75) is 38.6 Å². The highest BCUT2D eigenvalue weighted by atomic mass is 16.3. The lowest BCUT2D eigenvalue weighted by Gasteiger charge is -2.26. The van der Waals surface area contributed by atoms with Crippen molar-refractivity contribution in [3.63, 3.8) is 0 Å². The van der Waals surface area contributed by atoms with E-state index in [1.165, 1.54) is 56.4 Å². The van der Waals surface area contributed by atoms with E-state index >= 15 is 0 Å². The Morgan fingerprint density at radius 3 is 2.28 bits per heavy atom. The van der Waals surface area contributed by atoms with Crippen LogP contribution in [0.1, 0.15) is 48.8 Å². The van der Waals surface area contributed by atoms with Crippen LogP contribution in [0.2, 0.25) is 0 Å². The molecule has 6 rings (SSSR count). The van der Waals surface area contributed by atoms with Gasteiger partial charge in [-0.05, 0) is 74.7 Å². The fourth-order valence-corrected chi connectivity index (χ4v) is 5.62. The average molecular weight is 479 g/mol. The molecule has 0 aliphatic carbocycles. The van der Waals surface area contributed by atoms with Crippen LogP contribution < -0.4 is 4.90 Å². The van der Waals surface area contributed by atoms with Gasteiger partial charge in [-0.25, -0.2) is 4.99 Å². The number of H-pyrrole nitrogens is 1. The Balaban J connectivity index is 1.36. The number of aromatic hydroxyl groups is 1. The summed E-state index contributed by atoms with van der Waals surface area (Å²) in [7, 11) is 0. The highest BCUT2D eigenvalue weighted by molar-refractivity contribution is 6.22. The number of aromatic nitrogens is 1. The third-order valence-electron chi connectivity index (χ3n) is 7.55. The minimum absolute atomic E-state index is 0.160. The lowest BCUT2D eigenvalue weighted by Crippen LogP contribution is -2.28. The molecule has 5 nitrogen and oxygen atoms in total. The van der Waals surface area contributed by atoms with E-state index in [1.807, 2.05) is 18.2 Å². The Kier molecular flexibility index (Phi) is 6.48. The summed E-state index contributed by atoms with van der Waals surface area (Å²) in [4.78, 5) is 13.3. The van der Waals surface area contributed by atoms with Gasteiger partial charge in [0.1, 0.15) is 0 Å². The maximum absolute atomic E-state index is 11.1. The number of piperidine rings is 1. The van der Waals surface area contributed by atoms with Crippen LogP contribution in [0.5, 0.6) is 5.88 Å². The van der Waals surface area contributed by atoms with Crippen LogP contribution >= 0.6 is 0 Å². The molecule has 0 amide bonds. The molecule has 2 aliphatic heterocycles. The molecular weight excluding hydrogens is 444 g/mol. The smallest absolute Gasteiger partial charge is 0.199 e.